The second kappa shape index (κ2) is 9.23. The molecule has 0 N–H and O–H groups in total. The first-order valence-electron chi connectivity index (χ1n) is 12.5. The molecular weight excluding hydrogens is 412 g/mol. The summed E-state index contributed by atoms with van der Waals surface area (Å²) in [6.45, 7) is 2.14. The Morgan fingerprint density at radius 2 is 0.971 bits per heavy atom. The molecule has 0 bridgehead atoms. The molecule has 0 fully saturated rings. The molecule has 6 aromatic rings. The molecule has 0 aliphatic rings. The van der Waals surface area contributed by atoms with Gasteiger partial charge in [0.2, 0.25) is 0 Å². The number of unbranched alkanes of at least 4 members (excludes halogenated alkanes) is 3. The fourth-order valence-electron chi connectivity index (χ4n) is 5.44. The molecule has 34 heavy (non-hydrogen) atoms. The van der Waals surface area contributed by atoms with Crippen LogP contribution in [0.15, 0.2) is 109 Å². The van der Waals surface area contributed by atoms with Crippen LogP contribution in [-0.2, 0) is 13.1 Å². The SMILES string of the molecule is c1ccc(-c2cc3ccccc3n2CCCCCCn2c3ccccc3c3ccccc32)cc1. The van der Waals surface area contributed by atoms with E-state index in [0.717, 1.165) is 13.1 Å². The minimum absolute atomic E-state index is 1.06. The first-order valence-corrected chi connectivity index (χ1v) is 12.5. The number of hydrogen-bond donors (Lipinski definition) is 0. The van der Waals surface area contributed by atoms with Gasteiger partial charge in [0.05, 0.1) is 0 Å². The lowest BCUT2D eigenvalue weighted by Gasteiger charge is -2.12. The molecule has 0 aliphatic carbocycles. The third kappa shape index (κ3) is 3.80. The molecule has 0 aliphatic heterocycles. The number of rotatable bonds is 8. The highest BCUT2D eigenvalue weighted by atomic mass is 15.0. The Bertz CT molecular complexity index is 1500. The number of para-hydroxylation sites is 3. The molecule has 6 rings (SSSR count). The minimum atomic E-state index is 1.06. The van der Waals surface area contributed by atoms with Gasteiger partial charge in [0.1, 0.15) is 0 Å². The maximum Gasteiger partial charge on any atom is 0.0491 e. The summed E-state index contributed by atoms with van der Waals surface area (Å²) in [5.41, 5.74) is 6.67. The predicted molar refractivity (Wildman–Crippen MR) is 145 cm³/mol. The Morgan fingerprint density at radius 3 is 1.65 bits per heavy atom. The predicted octanol–water partition coefficient (Wildman–Crippen LogP) is 8.68. The number of fused-ring (bicyclic) bond motifs is 4. The number of benzene rings is 4. The zero-order valence-electron chi connectivity index (χ0n) is 19.5. The van der Waals surface area contributed by atoms with E-state index in [1.165, 1.54) is 69.6 Å². The van der Waals surface area contributed by atoms with Gasteiger partial charge in [-0.15, -0.1) is 0 Å². The fourth-order valence-corrected chi connectivity index (χ4v) is 5.44. The van der Waals surface area contributed by atoms with Gasteiger partial charge in [-0.05, 0) is 42.7 Å². The van der Waals surface area contributed by atoms with Crippen LogP contribution in [0.4, 0.5) is 0 Å². The molecular formula is C32H30N2. The van der Waals surface area contributed by atoms with Gasteiger partial charge in [0, 0.05) is 51.5 Å². The van der Waals surface area contributed by atoms with E-state index in [1.54, 1.807) is 0 Å². The van der Waals surface area contributed by atoms with Crippen molar-refractivity contribution in [1.29, 1.82) is 0 Å². The largest absolute Gasteiger partial charge is 0.340 e. The molecule has 0 amide bonds. The lowest BCUT2D eigenvalue weighted by Crippen LogP contribution is -2.01. The van der Waals surface area contributed by atoms with Gasteiger partial charge in [-0.2, -0.15) is 0 Å². The average molecular weight is 443 g/mol. The van der Waals surface area contributed by atoms with Crippen molar-refractivity contribution in [2.24, 2.45) is 0 Å². The van der Waals surface area contributed by atoms with Crippen LogP contribution in [0.1, 0.15) is 25.7 Å². The molecule has 2 nitrogen and oxygen atoms in total. The quantitative estimate of drug-likeness (QED) is 0.209. The van der Waals surface area contributed by atoms with Crippen LogP contribution >= 0.6 is 0 Å². The number of aryl methyl sites for hydroxylation is 2. The van der Waals surface area contributed by atoms with Gasteiger partial charge in [0.15, 0.2) is 0 Å². The summed E-state index contributed by atoms with van der Waals surface area (Å²) >= 11 is 0. The van der Waals surface area contributed by atoms with E-state index in [-0.39, 0.29) is 0 Å². The Balaban J connectivity index is 1.13. The smallest absolute Gasteiger partial charge is 0.0491 e. The lowest BCUT2D eigenvalue weighted by atomic mass is 10.1. The van der Waals surface area contributed by atoms with Crippen LogP contribution in [-0.4, -0.2) is 9.13 Å². The molecule has 168 valence electrons. The van der Waals surface area contributed by atoms with E-state index < -0.39 is 0 Å². The van der Waals surface area contributed by atoms with Crippen LogP contribution in [0.5, 0.6) is 0 Å². The molecule has 0 radical (unpaired) electrons. The van der Waals surface area contributed by atoms with Gasteiger partial charge in [0.25, 0.3) is 0 Å². The van der Waals surface area contributed by atoms with Gasteiger partial charge in [-0.3, -0.25) is 0 Å². The molecule has 0 spiro atoms. The highest BCUT2D eigenvalue weighted by molar-refractivity contribution is 6.07. The molecule has 2 aromatic heterocycles. The van der Waals surface area contributed by atoms with Gasteiger partial charge in [-0.25, -0.2) is 0 Å². The summed E-state index contributed by atoms with van der Waals surface area (Å²) in [7, 11) is 0. The molecule has 2 heterocycles. The van der Waals surface area contributed by atoms with Gasteiger partial charge >= 0.3 is 0 Å². The van der Waals surface area contributed by atoms with Crippen molar-refractivity contribution in [2.45, 2.75) is 38.8 Å². The van der Waals surface area contributed by atoms with Gasteiger partial charge < -0.3 is 9.13 Å². The molecule has 4 aromatic carbocycles. The third-order valence-corrected chi connectivity index (χ3v) is 7.07. The highest BCUT2D eigenvalue weighted by Crippen LogP contribution is 2.30. The van der Waals surface area contributed by atoms with E-state index in [1.807, 2.05) is 0 Å². The van der Waals surface area contributed by atoms with Crippen molar-refractivity contribution < 1.29 is 0 Å². The van der Waals surface area contributed by atoms with Crippen molar-refractivity contribution in [3.8, 4) is 11.3 Å². The zero-order chi connectivity index (χ0) is 22.7. The van der Waals surface area contributed by atoms with E-state index in [4.69, 9.17) is 0 Å². The molecule has 0 atom stereocenters. The number of hydrogen-bond acceptors (Lipinski definition) is 0. The normalized spacial score (nSPS) is 11.6. The summed E-state index contributed by atoms with van der Waals surface area (Å²) in [4.78, 5) is 0. The summed E-state index contributed by atoms with van der Waals surface area (Å²) in [6, 6.07) is 39.5. The first-order chi connectivity index (χ1) is 16.9. The summed E-state index contributed by atoms with van der Waals surface area (Å²) in [5.74, 6) is 0. The van der Waals surface area contributed by atoms with E-state index >= 15 is 0 Å². The number of aromatic nitrogens is 2. The second-order valence-electron chi connectivity index (χ2n) is 9.21. The van der Waals surface area contributed by atoms with E-state index in [2.05, 4.69) is 118 Å². The monoisotopic (exact) mass is 442 g/mol. The van der Waals surface area contributed by atoms with Crippen LogP contribution in [0, 0.1) is 0 Å². The van der Waals surface area contributed by atoms with Crippen LogP contribution < -0.4 is 0 Å². The zero-order valence-corrected chi connectivity index (χ0v) is 19.5. The summed E-state index contributed by atoms with van der Waals surface area (Å²) in [5, 5.41) is 4.06. The molecule has 0 saturated heterocycles. The van der Waals surface area contributed by atoms with Crippen LogP contribution in [0.3, 0.4) is 0 Å². The Kier molecular flexibility index (Phi) is 5.64. The first kappa shape index (κ1) is 20.8. The molecule has 0 unspecified atom stereocenters. The van der Waals surface area contributed by atoms with E-state index in [0.29, 0.717) is 0 Å². The van der Waals surface area contributed by atoms with Crippen molar-refractivity contribution in [3.63, 3.8) is 0 Å². The Labute approximate surface area is 201 Å². The van der Waals surface area contributed by atoms with Crippen LogP contribution in [0.25, 0.3) is 44.0 Å². The number of nitrogens with zero attached hydrogens (tertiary/aromatic N) is 2. The van der Waals surface area contributed by atoms with E-state index in [9.17, 15) is 0 Å². The van der Waals surface area contributed by atoms with Gasteiger partial charge in [-0.1, -0.05) is 97.8 Å². The summed E-state index contributed by atoms with van der Waals surface area (Å²) in [6.07, 6.45) is 4.91. The van der Waals surface area contributed by atoms with Crippen molar-refractivity contribution in [3.05, 3.63) is 109 Å². The maximum absolute atomic E-state index is 2.51. The fraction of sp³-hybridized carbons (Fsp3) is 0.188. The average Bonchev–Trinajstić information content (AvgIpc) is 3.43. The van der Waals surface area contributed by atoms with Crippen molar-refractivity contribution in [1.82, 2.24) is 9.13 Å². The standard InChI is InChI=1S/C32H30N2/c1(2-13-23-34-30-20-10-7-17-27(30)28-18-8-11-21-31(28)34)12-22-33-29-19-9-6-16-26(29)24-32(33)25-14-4-3-5-15-25/h3-11,14-21,24H,1-2,12-13,22-23H2. The van der Waals surface area contributed by atoms with Crippen molar-refractivity contribution >= 4 is 32.7 Å². The van der Waals surface area contributed by atoms with Crippen LogP contribution in [0.2, 0.25) is 0 Å². The van der Waals surface area contributed by atoms with Crippen molar-refractivity contribution in [2.75, 3.05) is 0 Å². The molecule has 2 heteroatoms. The third-order valence-electron chi connectivity index (χ3n) is 7.07. The lowest BCUT2D eigenvalue weighted by molar-refractivity contribution is 0.556. The highest BCUT2D eigenvalue weighted by Gasteiger charge is 2.11. The minimum Gasteiger partial charge on any atom is -0.340 e. The molecule has 0 saturated carbocycles. The maximum atomic E-state index is 2.51. The second-order valence-corrected chi connectivity index (χ2v) is 9.21. The Morgan fingerprint density at radius 1 is 0.441 bits per heavy atom. The Hall–Kier alpha value is -3.78. The topological polar surface area (TPSA) is 9.86 Å². The summed E-state index contributed by atoms with van der Waals surface area (Å²) < 4.78 is 5.02.